The molecular formula is C16H21NO4. The van der Waals surface area contributed by atoms with Crippen LogP contribution in [0.4, 0.5) is 0 Å². The maximum atomic E-state index is 11.5. The van der Waals surface area contributed by atoms with Crippen molar-refractivity contribution < 1.29 is 14.3 Å². The quantitative estimate of drug-likeness (QED) is 0.918. The predicted molar refractivity (Wildman–Crippen MR) is 79.2 cm³/mol. The molecule has 1 aliphatic rings. The number of ether oxygens (including phenoxy) is 1. The molecule has 1 unspecified atom stereocenters. The van der Waals surface area contributed by atoms with Crippen molar-refractivity contribution in [2.75, 3.05) is 6.61 Å². The largest absolute Gasteiger partial charge is 0.419 e. The molecule has 5 heteroatoms. The van der Waals surface area contributed by atoms with Crippen LogP contribution in [0.2, 0.25) is 0 Å². The Hall–Kier alpha value is -1.59. The van der Waals surface area contributed by atoms with E-state index in [2.05, 4.69) is 0 Å². The van der Waals surface area contributed by atoms with Gasteiger partial charge in [0.1, 0.15) is 0 Å². The number of fused-ring (bicyclic) bond motifs is 1. The van der Waals surface area contributed by atoms with E-state index in [4.69, 9.17) is 9.15 Å². The van der Waals surface area contributed by atoms with Gasteiger partial charge in [0.15, 0.2) is 5.58 Å². The van der Waals surface area contributed by atoms with Gasteiger partial charge in [-0.3, -0.25) is 4.57 Å². The molecule has 0 radical (unpaired) electrons. The lowest BCUT2D eigenvalue weighted by atomic mass is 9.78. The fourth-order valence-corrected chi connectivity index (χ4v) is 3.05. The lowest BCUT2D eigenvalue weighted by molar-refractivity contribution is -0.0380. The number of oxazole rings is 1. The van der Waals surface area contributed by atoms with E-state index in [-0.39, 0.29) is 5.76 Å². The van der Waals surface area contributed by atoms with Crippen molar-refractivity contribution in [3.05, 3.63) is 34.3 Å². The summed E-state index contributed by atoms with van der Waals surface area (Å²) in [4.78, 5) is 11.5. The van der Waals surface area contributed by atoms with Crippen molar-refractivity contribution in [3.8, 4) is 0 Å². The van der Waals surface area contributed by atoms with Crippen LogP contribution < -0.4 is 5.76 Å². The Bertz CT molecular complexity index is 681. The molecule has 1 aromatic carbocycles. The number of benzene rings is 1. The molecule has 0 bridgehead atoms. The highest BCUT2D eigenvalue weighted by Crippen LogP contribution is 2.37. The monoisotopic (exact) mass is 291 g/mol. The summed E-state index contributed by atoms with van der Waals surface area (Å²) in [5.74, 6) is 0.130. The van der Waals surface area contributed by atoms with Gasteiger partial charge in [0, 0.05) is 13.7 Å². The van der Waals surface area contributed by atoms with Crippen molar-refractivity contribution in [3.63, 3.8) is 0 Å². The van der Waals surface area contributed by atoms with Crippen molar-refractivity contribution in [2.45, 2.75) is 38.4 Å². The van der Waals surface area contributed by atoms with Crippen molar-refractivity contribution in [1.29, 1.82) is 0 Å². The van der Waals surface area contributed by atoms with E-state index in [1.54, 1.807) is 13.1 Å². The number of rotatable bonds is 5. The highest BCUT2D eigenvalue weighted by molar-refractivity contribution is 5.73. The first kappa shape index (κ1) is 14.4. The van der Waals surface area contributed by atoms with Crippen LogP contribution in [0.1, 0.15) is 37.9 Å². The van der Waals surface area contributed by atoms with E-state index in [9.17, 15) is 9.90 Å². The Morgan fingerprint density at radius 2 is 2.24 bits per heavy atom. The van der Waals surface area contributed by atoms with Gasteiger partial charge in [-0.2, -0.15) is 0 Å². The van der Waals surface area contributed by atoms with Crippen LogP contribution in [0.3, 0.4) is 0 Å². The van der Waals surface area contributed by atoms with Gasteiger partial charge in [-0.25, -0.2) is 4.79 Å². The van der Waals surface area contributed by atoms with Crippen LogP contribution in [0.25, 0.3) is 11.1 Å². The second-order valence-electron chi connectivity index (χ2n) is 5.82. The smallest absolute Gasteiger partial charge is 0.408 e. The van der Waals surface area contributed by atoms with Crippen LogP contribution in [0.5, 0.6) is 0 Å². The summed E-state index contributed by atoms with van der Waals surface area (Å²) in [5, 5.41) is 10.3. The fraction of sp³-hybridized carbons (Fsp3) is 0.562. The first-order valence-electron chi connectivity index (χ1n) is 7.47. The molecule has 1 fully saturated rings. The number of aliphatic hydroxyl groups is 1. The number of hydrogen-bond donors (Lipinski definition) is 1. The number of nitrogens with zero attached hydrogens (tertiary/aromatic N) is 1. The van der Waals surface area contributed by atoms with Gasteiger partial charge in [0.2, 0.25) is 0 Å². The van der Waals surface area contributed by atoms with Gasteiger partial charge >= 0.3 is 5.76 Å². The first-order valence-corrected chi connectivity index (χ1v) is 7.47. The number of aliphatic hydroxyl groups excluding tert-OH is 1. The SMILES string of the molecule is CCOC1CC(CC(O)c2ccc3c(c2)oc(=O)n3C)C1. The molecule has 114 valence electrons. The molecule has 1 aliphatic carbocycles. The minimum Gasteiger partial charge on any atom is -0.408 e. The van der Waals surface area contributed by atoms with Gasteiger partial charge < -0.3 is 14.3 Å². The Labute approximate surface area is 123 Å². The van der Waals surface area contributed by atoms with E-state index in [1.807, 2.05) is 19.1 Å². The van der Waals surface area contributed by atoms with Gasteiger partial charge in [0.05, 0.1) is 17.7 Å². The topological polar surface area (TPSA) is 64.6 Å². The zero-order valence-corrected chi connectivity index (χ0v) is 12.4. The molecular weight excluding hydrogens is 270 g/mol. The molecule has 0 spiro atoms. The minimum absolute atomic E-state index is 0.363. The molecule has 0 amide bonds. The molecule has 1 saturated carbocycles. The normalized spacial score (nSPS) is 23.2. The van der Waals surface area contributed by atoms with Crippen molar-refractivity contribution in [1.82, 2.24) is 4.57 Å². The van der Waals surface area contributed by atoms with Crippen LogP contribution >= 0.6 is 0 Å². The highest BCUT2D eigenvalue weighted by Gasteiger charge is 2.31. The number of aromatic nitrogens is 1. The molecule has 1 N–H and O–H groups in total. The summed E-state index contributed by atoms with van der Waals surface area (Å²) in [7, 11) is 1.67. The Balaban J connectivity index is 1.68. The minimum atomic E-state index is -0.521. The lowest BCUT2D eigenvalue weighted by Gasteiger charge is -2.36. The molecule has 0 saturated heterocycles. The summed E-state index contributed by atoms with van der Waals surface area (Å²) in [6.45, 7) is 2.76. The molecule has 1 heterocycles. The van der Waals surface area contributed by atoms with Crippen LogP contribution in [-0.2, 0) is 11.8 Å². The van der Waals surface area contributed by atoms with E-state index < -0.39 is 6.10 Å². The van der Waals surface area contributed by atoms with Gasteiger partial charge in [-0.15, -0.1) is 0 Å². The predicted octanol–water partition coefficient (Wildman–Crippen LogP) is 2.37. The molecule has 1 aromatic heterocycles. The molecule has 21 heavy (non-hydrogen) atoms. The average molecular weight is 291 g/mol. The van der Waals surface area contributed by atoms with Crippen LogP contribution in [-0.4, -0.2) is 22.4 Å². The molecule has 2 aromatic rings. The maximum absolute atomic E-state index is 11.5. The fourth-order valence-electron chi connectivity index (χ4n) is 3.05. The van der Waals surface area contributed by atoms with Crippen LogP contribution in [0, 0.1) is 5.92 Å². The molecule has 0 aliphatic heterocycles. The Kier molecular flexibility index (Phi) is 3.87. The Morgan fingerprint density at radius 3 is 2.95 bits per heavy atom. The third-order valence-corrected chi connectivity index (χ3v) is 4.35. The van der Waals surface area contributed by atoms with Gasteiger partial charge in [-0.05, 0) is 49.8 Å². The summed E-state index contributed by atoms with van der Waals surface area (Å²) >= 11 is 0. The summed E-state index contributed by atoms with van der Waals surface area (Å²) in [6.07, 6.45) is 2.61. The first-order chi connectivity index (χ1) is 10.1. The zero-order chi connectivity index (χ0) is 15.0. The molecule has 5 nitrogen and oxygen atoms in total. The Morgan fingerprint density at radius 1 is 1.48 bits per heavy atom. The summed E-state index contributed by atoms with van der Waals surface area (Å²) in [6, 6.07) is 5.45. The van der Waals surface area contributed by atoms with Crippen molar-refractivity contribution >= 4 is 11.1 Å². The van der Waals surface area contributed by atoms with Gasteiger partial charge in [0.25, 0.3) is 0 Å². The average Bonchev–Trinajstić information content (AvgIpc) is 2.71. The lowest BCUT2D eigenvalue weighted by Crippen LogP contribution is -2.32. The van der Waals surface area contributed by atoms with Crippen molar-refractivity contribution in [2.24, 2.45) is 13.0 Å². The third-order valence-electron chi connectivity index (χ3n) is 4.35. The van der Waals surface area contributed by atoms with Gasteiger partial charge in [-0.1, -0.05) is 6.07 Å². The van der Waals surface area contributed by atoms with E-state index in [0.29, 0.717) is 17.6 Å². The summed E-state index contributed by atoms with van der Waals surface area (Å²) in [5.41, 5.74) is 2.08. The van der Waals surface area contributed by atoms with E-state index in [1.165, 1.54) is 4.57 Å². The highest BCUT2D eigenvalue weighted by atomic mass is 16.5. The summed E-state index contributed by atoms with van der Waals surface area (Å²) < 4.78 is 12.2. The number of hydrogen-bond acceptors (Lipinski definition) is 4. The standard InChI is InChI=1S/C16H21NO4/c1-3-20-12-6-10(7-12)8-14(18)11-4-5-13-15(9-11)21-16(19)17(13)2/h4-5,9-10,12,14,18H,3,6-8H2,1-2H3. The molecule has 3 rings (SSSR count). The zero-order valence-electron chi connectivity index (χ0n) is 12.4. The number of aryl methyl sites for hydroxylation is 1. The third kappa shape index (κ3) is 2.76. The van der Waals surface area contributed by atoms with E-state index >= 15 is 0 Å². The van der Waals surface area contributed by atoms with E-state index in [0.717, 1.165) is 36.9 Å². The second kappa shape index (κ2) is 5.66. The second-order valence-corrected chi connectivity index (χ2v) is 5.82. The maximum Gasteiger partial charge on any atom is 0.419 e. The molecule has 1 atom stereocenters. The van der Waals surface area contributed by atoms with Crippen LogP contribution in [0.15, 0.2) is 27.4 Å².